The number of rotatable bonds is 5. The van der Waals surface area contributed by atoms with Gasteiger partial charge in [0.05, 0.1) is 5.69 Å². The first-order chi connectivity index (χ1) is 9.11. The van der Waals surface area contributed by atoms with Crippen LogP contribution in [0.3, 0.4) is 0 Å². The lowest BCUT2D eigenvalue weighted by atomic mass is 10.2. The monoisotopic (exact) mass is 280 g/mol. The molecule has 0 saturated carbocycles. The van der Waals surface area contributed by atoms with E-state index in [1.807, 2.05) is 13.8 Å². The molecule has 0 amide bonds. The first-order valence-corrected chi connectivity index (χ1v) is 7.04. The minimum Gasteiger partial charge on any atom is -0.483 e. The van der Waals surface area contributed by atoms with Crippen LogP contribution >= 0.6 is 11.3 Å². The summed E-state index contributed by atoms with van der Waals surface area (Å²) in [6.07, 6.45) is 0.840. The average molecular weight is 280 g/mol. The fourth-order valence-electron chi connectivity index (χ4n) is 1.79. The summed E-state index contributed by atoms with van der Waals surface area (Å²) in [6.45, 7) is 4.25. The molecule has 0 bridgehead atoms. The molecule has 1 aromatic carbocycles. The SMILES string of the molecule is CCc1nc(COc2ccccc2F)sc1C(C)N. The van der Waals surface area contributed by atoms with Gasteiger partial charge in [-0.1, -0.05) is 19.1 Å². The highest BCUT2D eigenvalue weighted by Crippen LogP contribution is 2.26. The molecule has 2 N–H and O–H groups in total. The minimum absolute atomic E-state index is 0.0327. The minimum atomic E-state index is -0.359. The van der Waals surface area contributed by atoms with Crippen LogP contribution in [-0.2, 0) is 13.0 Å². The number of halogens is 1. The van der Waals surface area contributed by atoms with Gasteiger partial charge in [0.1, 0.15) is 11.6 Å². The van der Waals surface area contributed by atoms with E-state index < -0.39 is 0 Å². The Morgan fingerprint density at radius 3 is 2.74 bits per heavy atom. The van der Waals surface area contributed by atoms with Crippen molar-refractivity contribution in [1.82, 2.24) is 4.98 Å². The highest BCUT2D eigenvalue weighted by atomic mass is 32.1. The average Bonchev–Trinajstić information content (AvgIpc) is 2.81. The third-order valence-corrected chi connectivity index (χ3v) is 3.98. The number of aromatic nitrogens is 1. The fraction of sp³-hybridized carbons (Fsp3) is 0.357. The molecule has 2 rings (SSSR count). The summed E-state index contributed by atoms with van der Waals surface area (Å²) in [6, 6.07) is 6.33. The molecular weight excluding hydrogens is 263 g/mol. The van der Waals surface area contributed by atoms with Gasteiger partial charge in [-0.05, 0) is 25.5 Å². The second-order valence-corrected chi connectivity index (χ2v) is 5.40. The summed E-state index contributed by atoms with van der Waals surface area (Å²) in [5.41, 5.74) is 6.91. The molecule has 0 radical (unpaired) electrons. The Hall–Kier alpha value is -1.46. The molecule has 1 unspecified atom stereocenters. The Kier molecular flexibility index (Phi) is 4.50. The van der Waals surface area contributed by atoms with Crippen molar-refractivity contribution in [3.63, 3.8) is 0 Å². The van der Waals surface area contributed by atoms with E-state index in [1.165, 1.54) is 17.4 Å². The van der Waals surface area contributed by atoms with Gasteiger partial charge in [-0.15, -0.1) is 11.3 Å². The lowest BCUT2D eigenvalue weighted by Crippen LogP contribution is -2.05. The molecule has 0 saturated heterocycles. The predicted octanol–water partition coefficient (Wildman–Crippen LogP) is 3.44. The van der Waals surface area contributed by atoms with Gasteiger partial charge in [-0.3, -0.25) is 0 Å². The van der Waals surface area contributed by atoms with Crippen molar-refractivity contribution in [3.8, 4) is 5.75 Å². The van der Waals surface area contributed by atoms with Gasteiger partial charge < -0.3 is 10.5 Å². The van der Waals surface area contributed by atoms with Crippen LogP contribution in [0, 0.1) is 5.82 Å². The molecule has 3 nitrogen and oxygen atoms in total. The fourth-order valence-corrected chi connectivity index (χ4v) is 2.81. The van der Waals surface area contributed by atoms with Crippen molar-refractivity contribution >= 4 is 11.3 Å². The van der Waals surface area contributed by atoms with Crippen molar-refractivity contribution in [3.05, 3.63) is 45.7 Å². The lowest BCUT2D eigenvalue weighted by Gasteiger charge is -2.04. The van der Waals surface area contributed by atoms with E-state index >= 15 is 0 Å². The number of nitrogens with zero attached hydrogens (tertiary/aromatic N) is 1. The molecule has 0 fully saturated rings. The number of benzene rings is 1. The molecule has 0 aliphatic heterocycles. The number of ether oxygens (including phenoxy) is 1. The maximum absolute atomic E-state index is 13.4. The van der Waals surface area contributed by atoms with E-state index in [9.17, 15) is 4.39 Å². The predicted molar refractivity (Wildman–Crippen MR) is 74.8 cm³/mol. The van der Waals surface area contributed by atoms with Crippen LogP contribution in [-0.4, -0.2) is 4.98 Å². The Labute approximate surface area is 116 Å². The zero-order valence-electron chi connectivity index (χ0n) is 11.0. The third kappa shape index (κ3) is 3.30. The summed E-state index contributed by atoms with van der Waals surface area (Å²) in [4.78, 5) is 5.56. The van der Waals surface area contributed by atoms with Crippen molar-refractivity contribution in [2.45, 2.75) is 32.9 Å². The Morgan fingerprint density at radius 2 is 2.16 bits per heavy atom. The summed E-state index contributed by atoms with van der Waals surface area (Å²) in [7, 11) is 0. The Morgan fingerprint density at radius 1 is 1.42 bits per heavy atom. The smallest absolute Gasteiger partial charge is 0.165 e. The Bertz CT molecular complexity index is 554. The van der Waals surface area contributed by atoms with Gasteiger partial charge in [0.15, 0.2) is 11.6 Å². The number of para-hydroxylation sites is 1. The van der Waals surface area contributed by atoms with Crippen LogP contribution in [0.4, 0.5) is 4.39 Å². The zero-order chi connectivity index (χ0) is 13.8. The summed E-state index contributed by atoms with van der Waals surface area (Å²) in [5, 5.41) is 0.826. The molecule has 5 heteroatoms. The van der Waals surface area contributed by atoms with Crippen molar-refractivity contribution in [1.29, 1.82) is 0 Å². The first kappa shape index (κ1) is 14.0. The molecule has 19 heavy (non-hydrogen) atoms. The number of hydrogen-bond acceptors (Lipinski definition) is 4. The molecule has 0 aliphatic carbocycles. The summed E-state index contributed by atoms with van der Waals surface area (Å²) in [5.74, 6) is -0.111. The maximum atomic E-state index is 13.4. The van der Waals surface area contributed by atoms with Gasteiger partial charge in [0, 0.05) is 10.9 Å². The van der Waals surface area contributed by atoms with E-state index in [-0.39, 0.29) is 24.2 Å². The second-order valence-electron chi connectivity index (χ2n) is 4.28. The molecule has 1 atom stereocenters. The zero-order valence-corrected chi connectivity index (χ0v) is 11.8. The number of thiazole rings is 1. The largest absolute Gasteiger partial charge is 0.483 e. The summed E-state index contributed by atoms with van der Waals surface area (Å²) >= 11 is 1.53. The molecule has 0 spiro atoms. The molecule has 2 aromatic rings. The molecule has 1 heterocycles. The first-order valence-electron chi connectivity index (χ1n) is 6.23. The molecule has 0 aliphatic rings. The second kappa shape index (κ2) is 6.12. The Balaban J connectivity index is 2.10. The van der Waals surface area contributed by atoms with E-state index in [0.717, 1.165) is 22.0 Å². The van der Waals surface area contributed by atoms with Crippen LogP contribution in [0.25, 0.3) is 0 Å². The van der Waals surface area contributed by atoms with E-state index in [4.69, 9.17) is 10.5 Å². The molecule has 1 aromatic heterocycles. The number of hydrogen-bond donors (Lipinski definition) is 1. The maximum Gasteiger partial charge on any atom is 0.165 e. The third-order valence-electron chi connectivity index (χ3n) is 2.71. The van der Waals surface area contributed by atoms with Gasteiger partial charge in [0.2, 0.25) is 0 Å². The van der Waals surface area contributed by atoms with Gasteiger partial charge in [0.25, 0.3) is 0 Å². The van der Waals surface area contributed by atoms with Crippen LogP contribution in [0.1, 0.15) is 35.5 Å². The van der Waals surface area contributed by atoms with Crippen LogP contribution in [0.2, 0.25) is 0 Å². The van der Waals surface area contributed by atoms with Crippen molar-refractivity contribution in [2.24, 2.45) is 5.73 Å². The van der Waals surface area contributed by atoms with Crippen LogP contribution < -0.4 is 10.5 Å². The van der Waals surface area contributed by atoms with Crippen LogP contribution in [0.5, 0.6) is 5.75 Å². The summed E-state index contributed by atoms with van der Waals surface area (Å²) < 4.78 is 18.9. The van der Waals surface area contributed by atoms with Gasteiger partial charge >= 0.3 is 0 Å². The van der Waals surface area contributed by atoms with E-state index in [1.54, 1.807) is 18.2 Å². The lowest BCUT2D eigenvalue weighted by molar-refractivity contribution is 0.289. The normalized spacial score (nSPS) is 12.4. The highest BCUT2D eigenvalue weighted by molar-refractivity contribution is 7.11. The number of nitrogens with two attached hydrogens (primary N) is 1. The quantitative estimate of drug-likeness (QED) is 0.912. The number of aryl methyl sites for hydroxylation is 1. The van der Waals surface area contributed by atoms with Gasteiger partial charge in [-0.25, -0.2) is 9.37 Å². The van der Waals surface area contributed by atoms with Gasteiger partial charge in [-0.2, -0.15) is 0 Å². The van der Waals surface area contributed by atoms with Crippen molar-refractivity contribution < 1.29 is 9.13 Å². The molecule has 102 valence electrons. The van der Waals surface area contributed by atoms with Crippen molar-refractivity contribution in [2.75, 3.05) is 0 Å². The van der Waals surface area contributed by atoms with E-state index in [2.05, 4.69) is 4.98 Å². The highest BCUT2D eigenvalue weighted by Gasteiger charge is 2.13. The van der Waals surface area contributed by atoms with E-state index in [0.29, 0.717) is 0 Å². The standard InChI is InChI=1S/C14H17FN2OS/c1-3-11-14(9(2)16)19-13(17-11)8-18-12-7-5-4-6-10(12)15/h4-7,9H,3,8,16H2,1-2H3. The topological polar surface area (TPSA) is 48.1 Å². The van der Waals surface area contributed by atoms with Crippen LogP contribution in [0.15, 0.2) is 24.3 Å². The molecular formula is C14H17FN2OS.